The second kappa shape index (κ2) is 17.6. The lowest BCUT2D eigenvalue weighted by Crippen LogP contribution is -2.69. The van der Waals surface area contributed by atoms with Crippen LogP contribution in [0.4, 0.5) is 0 Å². The normalized spacial score (nSPS) is 48.3. The molecule has 292 valence electrons. The van der Waals surface area contributed by atoms with E-state index in [0.717, 1.165) is 0 Å². The van der Waals surface area contributed by atoms with Crippen LogP contribution in [0.25, 0.3) is 0 Å². The Morgan fingerprint density at radius 3 is 1.64 bits per heavy atom. The smallest absolute Gasteiger partial charge is 0.251 e. The van der Waals surface area contributed by atoms with Gasteiger partial charge in [-0.15, -0.1) is 0 Å². The minimum atomic E-state index is -1.97. The van der Waals surface area contributed by atoms with Gasteiger partial charge in [0.05, 0.1) is 24.7 Å². The van der Waals surface area contributed by atoms with Gasteiger partial charge < -0.3 is 114 Å². The fourth-order valence-electron chi connectivity index (χ4n) is 6.42. The first-order valence-corrected chi connectivity index (χ1v) is 16.2. The van der Waals surface area contributed by atoms with E-state index >= 15 is 0 Å². The number of ether oxygens (including phenoxy) is 6. The standard InChI is InChI=1S/C27H53N7O16/c28-2-8(36)15(38)24(44)34-7-1-6(31)21(48-25-12(32)18(41)16(39)9(3-29)45-25)23(14(7)37)50-27-20(43)22(11(5-35)47-27)49-26-13(33)19(42)17(40)10(4-30)46-26/h6-23,25-27,35-43H,1-5,28-33H2,(H,34,44)/t6-,7+,8+,9+,10-,11+,12+,13+,14-,15?,16+,17+,18-,19+,20+,21+,22+,23+,25+,26+,27-/m0/s1. The number of hydrogen-bond donors (Lipinski definition) is 16. The van der Waals surface area contributed by atoms with Crippen molar-refractivity contribution in [3.63, 3.8) is 0 Å². The molecule has 0 aromatic carbocycles. The van der Waals surface area contributed by atoms with E-state index in [1.54, 1.807) is 0 Å². The Kier molecular flexibility index (Phi) is 14.6. The summed E-state index contributed by atoms with van der Waals surface area (Å²) in [6, 6.07) is -5.06. The maximum atomic E-state index is 12.7. The number of carbonyl (C=O) groups is 1. The van der Waals surface area contributed by atoms with Crippen LogP contribution in [-0.4, -0.2) is 207 Å². The third-order valence-corrected chi connectivity index (χ3v) is 9.53. The van der Waals surface area contributed by atoms with Crippen molar-refractivity contribution >= 4 is 5.91 Å². The van der Waals surface area contributed by atoms with Gasteiger partial charge in [0, 0.05) is 25.7 Å². The number of aliphatic hydroxyl groups is 9. The van der Waals surface area contributed by atoms with E-state index in [9.17, 15) is 50.8 Å². The maximum absolute atomic E-state index is 12.7. The highest BCUT2D eigenvalue weighted by Crippen LogP contribution is 2.34. The lowest BCUT2D eigenvalue weighted by molar-refractivity contribution is -0.307. The van der Waals surface area contributed by atoms with Crippen LogP contribution in [0.3, 0.4) is 0 Å². The minimum Gasteiger partial charge on any atom is -0.394 e. The highest BCUT2D eigenvalue weighted by atomic mass is 16.8. The SMILES string of the molecule is NC[C@@H](O)C(O)C(=O)N[C@@H]1C[C@H](N)[C@@H](O[C@H]2O[C@H](CN)[C@@H](O)[C@@H](O)[C@H]2N)[C@H](O[C@@H]2O[C@H](CO)[C@@H](O[C@H]3O[C@@H](CN)[C@@H](O)[C@H](O)[C@H]3N)[C@H]2O)[C@H]1O. The fourth-order valence-corrected chi connectivity index (χ4v) is 6.42. The molecule has 1 aliphatic carbocycles. The molecule has 4 fully saturated rings. The molecule has 0 bridgehead atoms. The lowest BCUT2D eigenvalue weighted by Gasteiger charge is -2.48. The minimum absolute atomic E-state index is 0.219. The van der Waals surface area contributed by atoms with E-state index in [0.29, 0.717) is 0 Å². The molecule has 0 radical (unpaired) electrons. The lowest BCUT2D eigenvalue weighted by atomic mass is 9.83. The second-order valence-corrected chi connectivity index (χ2v) is 12.9. The summed E-state index contributed by atoms with van der Waals surface area (Å²) < 4.78 is 34.8. The molecule has 0 aromatic rings. The van der Waals surface area contributed by atoms with Crippen molar-refractivity contribution in [1.29, 1.82) is 0 Å². The third-order valence-electron chi connectivity index (χ3n) is 9.53. The average molecular weight is 732 g/mol. The number of amides is 1. The van der Waals surface area contributed by atoms with Crippen LogP contribution in [0.15, 0.2) is 0 Å². The summed E-state index contributed by atoms with van der Waals surface area (Å²) in [5.41, 5.74) is 35.2. The molecule has 22 N–H and O–H groups in total. The first-order chi connectivity index (χ1) is 23.6. The van der Waals surface area contributed by atoms with Gasteiger partial charge in [0.25, 0.3) is 5.91 Å². The van der Waals surface area contributed by atoms with Crippen LogP contribution < -0.4 is 39.7 Å². The van der Waals surface area contributed by atoms with Crippen LogP contribution in [-0.2, 0) is 33.2 Å². The topological polar surface area (TPSA) is 423 Å². The Morgan fingerprint density at radius 1 is 0.680 bits per heavy atom. The summed E-state index contributed by atoms with van der Waals surface area (Å²) in [6.45, 7) is -1.66. The van der Waals surface area contributed by atoms with Gasteiger partial charge >= 0.3 is 0 Å². The molecule has 23 nitrogen and oxygen atoms in total. The molecule has 21 atom stereocenters. The summed E-state index contributed by atoms with van der Waals surface area (Å²) in [5.74, 6) is -1.10. The Bertz CT molecular complexity index is 1090. The van der Waals surface area contributed by atoms with Crippen LogP contribution in [0.2, 0.25) is 0 Å². The Labute approximate surface area is 286 Å². The number of hydrogen-bond acceptors (Lipinski definition) is 22. The van der Waals surface area contributed by atoms with Gasteiger partial charge in [-0.05, 0) is 6.42 Å². The third kappa shape index (κ3) is 8.54. The van der Waals surface area contributed by atoms with E-state index in [4.69, 9.17) is 62.8 Å². The number of aliphatic hydroxyl groups excluding tert-OH is 9. The number of nitrogens with one attached hydrogen (secondary N) is 1. The Hall–Kier alpha value is -1.37. The van der Waals surface area contributed by atoms with Gasteiger partial charge in [0.15, 0.2) is 25.0 Å². The van der Waals surface area contributed by atoms with E-state index in [2.05, 4.69) is 5.32 Å². The molecule has 4 aliphatic rings. The van der Waals surface area contributed by atoms with Crippen molar-refractivity contribution in [1.82, 2.24) is 5.32 Å². The maximum Gasteiger partial charge on any atom is 0.251 e. The van der Waals surface area contributed by atoms with Crippen LogP contribution >= 0.6 is 0 Å². The van der Waals surface area contributed by atoms with Gasteiger partial charge in [-0.3, -0.25) is 4.79 Å². The molecule has 1 amide bonds. The van der Waals surface area contributed by atoms with Gasteiger partial charge in [0.2, 0.25) is 0 Å². The van der Waals surface area contributed by atoms with Crippen molar-refractivity contribution in [3.8, 4) is 0 Å². The van der Waals surface area contributed by atoms with Crippen LogP contribution in [0, 0.1) is 0 Å². The average Bonchev–Trinajstić information content (AvgIpc) is 3.40. The molecule has 0 spiro atoms. The summed E-state index contributed by atoms with van der Waals surface area (Å²) in [6.07, 6.45) is -25.9. The number of nitrogens with two attached hydrogens (primary N) is 6. The van der Waals surface area contributed by atoms with Crippen molar-refractivity contribution in [3.05, 3.63) is 0 Å². The van der Waals surface area contributed by atoms with Gasteiger partial charge in [-0.25, -0.2) is 0 Å². The molecule has 3 heterocycles. The van der Waals surface area contributed by atoms with E-state index in [1.165, 1.54) is 0 Å². The van der Waals surface area contributed by atoms with Gasteiger partial charge in [-0.1, -0.05) is 0 Å². The number of carbonyl (C=O) groups excluding carboxylic acids is 1. The molecule has 1 unspecified atom stereocenters. The molecule has 3 saturated heterocycles. The summed E-state index contributed by atoms with van der Waals surface area (Å²) in [7, 11) is 0. The first-order valence-electron chi connectivity index (χ1n) is 16.2. The van der Waals surface area contributed by atoms with Crippen molar-refractivity contribution in [2.24, 2.45) is 34.4 Å². The van der Waals surface area contributed by atoms with Crippen molar-refractivity contribution in [2.75, 3.05) is 26.2 Å². The largest absolute Gasteiger partial charge is 0.394 e. The molecular weight excluding hydrogens is 678 g/mol. The summed E-state index contributed by atoms with van der Waals surface area (Å²) in [4.78, 5) is 12.7. The highest BCUT2D eigenvalue weighted by molar-refractivity contribution is 5.81. The predicted molar refractivity (Wildman–Crippen MR) is 163 cm³/mol. The van der Waals surface area contributed by atoms with Gasteiger partial charge in [-0.2, -0.15) is 0 Å². The molecule has 4 rings (SSSR count). The molecular formula is C27H53N7O16. The molecule has 50 heavy (non-hydrogen) atoms. The Balaban J connectivity index is 1.58. The first kappa shape index (κ1) is 41.4. The highest BCUT2D eigenvalue weighted by Gasteiger charge is 2.55. The monoisotopic (exact) mass is 731 g/mol. The zero-order chi connectivity index (χ0) is 37.2. The van der Waals surface area contributed by atoms with Crippen molar-refractivity contribution < 1.29 is 79.2 Å². The van der Waals surface area contributed by atoms with E-state index < -0.39 is 148 Å². The predicted octanol–water partition coefficient (Wildman–Crippen LogP) is -11.1. The van der Waals surface area contributed by atoms with E-state index in [-0.39, 0.29) is 19.5 Å². The molecule has 23 heteroatoms. The molecule has 3 aliphatic heterocycles. The number of rotatable bonds is 13. The summed E-state index contributed by atoms with van der Waals surface area (Å²) >= 11 is 0. The molecule has 1 saturated carbocycles. The van der Waals surface area contributed by atoms with Crippen LogP contribution in [0.5, 0.6) is 0 Å². The zero-order valence-corrected chi connectivity index (χ0v) is 27.0. The zero-order valence-electron chi connectivity index (χ0n) is 27.0. The van der Waals surface area contributed by atoms with Crippen LogP contribution in [0.1, 0.15) is 6.42 Å². The van der Waals surface area contributed by atoms with Crippen molar-refractivity contribution in [2.45, 2.75) is 135 Å². The Morgan fingerprint density at radius 2 is 1.16 bits per heavy atom. The van der Waals surface area contributed by atoms with Gasteiger partial charge in [0.1, 0.15) is 79.4 Å². The van der Waals surface area contributed by atoms with E-state index in [1.807, 2.05) is 0 Å². The summed E-state index contributed by atoms with van der Waals surface area (Å²) in [5, 5.41) is 96.7. The quantitative estimate of drug-likeness (QED) is 0.0836. The second-order valence-electron chi connectivity index (χ2n) is 12.9. The fraction of sp³-hybridized carbons (Fsp3) is 0.963. The molecule has 0 aromatic heterocycles.